The molecule has 45 heavy (non-hydrogen) atoms. The van der Waals surface area contributed by atoms with Gasteiger partial charge < -0.3 is 16.0 Å². The average Bonchev–Trinajstić information content (AvgIpc) is 3.64. The Morgan fingerprint density at radius 1 is 1.00 bits per heavy atom. The minimum absolute atomic E-state index is 0.0321. The molecule has 0 radical (unpaired) electrons. The van der Waals surface area contributed by atoms with Crippen LogP contribution in [-0.4, -0.2) is 32.0 Å². The van der Waals surface area contributed by atoms with Crippen LogP contribution in [0.4, 0.5) is 11.8 Å². The van der Waals surface area contributed by atoms with Crippen LogP contribution in [0.25, 0.3) is 5.82 Å². The number of nitriles is 1. The van der Waals surface area contributed by atoms with Crippen LogP contribution in [-0.2, 0) is 17.9 Å². The van der Waals surface area contributed by atoms with E-state index in [4.69, 9.17) is 16.9 Å². The van der Waals surface area contributed by atoms with Crippen molar-refractivity contribution in [3.8, 4) is 24.7 Å². The molecule has 0 bridgehead atoms. The molecule has 0 saturated heterocycles. The van der Waals surface area contributed by atoms with Gasteiger partial charge in [-0.15, -0.1) is 12.8 Å². The number of nitrogens with zero attached hydrogens (tertiary/aromatic N) is 5. The van der Waals surface area contributed by atoms with Crippen LogP contribution in [0.3, 0.4) is 0 Å². The van der Waals surface area contributed by atoms with E-state index >= 15 is 0 Å². The molecule has 0 unspecified atom stereocenters. The zero-order valence-corrected chi connectivity index (χ0v) is 27.1. The number of hydrogen-bond acceptors (Lipinski definition) is 7. The van der Waals surface area contributed by atoms with Crippen LogP contribution >= 0.6 is 11.6 Å². The molecule has 3 N–H and O–H groups in total. The van der Waals surface area contributed by atoms with E-state index in [0.717, 1.165) is 17.0 Å². The zero-order chi connectivity index (χ0) is 32.9. The van der Waals surface area contributed by atoms with Gasteiger partial charge in [0.2, 0.25) is 11.9 Å². The van der Waals surface area contributed by atoms with Gasteiger partial charge in [0.05, 0.1) is 18.2 Å². The van der Waals surface area contributed by atoms with Crippen LogP contribution < -0.4 is 16.0 Å². The Kier molecular flexibility index (Phi) is 16.9. The monoisotopic (exact) mass is 626 g/mol. The molecule has 4 aromatic rings. The quantitative estimate of drug-likeness (QED) is 0.166. The van der Waals surface area contributed by atoms with E-state index < -0.39 is 0 Å². The van der Waals surface area contributed by atoms with Gasteiger partial charge in [0.15, 0.2) is 0 Å². The molecular formula is C35H43ClN8O. The molecule has 9 nitrogen and oxygen atoms in total. The SMILES string of the molecule is C#C.CC.CC1CCCCC1.N#Cc1ccc(CNC(=O)CNc2cc(-n3ccnc3)nc(NCc3cccc(Cl)c3)n2)cc1. The number of carbonyl (C=O) groups is 1. The fourth-order valence-corrected chi connectivity index (χ4v) is 4.61. The maximum atomic E-state index is 12.3. The molecule has 0 aliphatic heterocycles. The number of halogens is 1. The molecule has 1 saturated carbocycles. The summed E-state index contributed by atoms with van der Waals surface area (Å²) in [4.78, 5) is 25.4. The number of hydrogen-bond donors (Lipinski definition) is 3. The first kappa shape index (κ1) is 36.3. The summed E-state index contributed by atoms with van der Waals surface area (Å²) >= 11 is 6.06. The van der Waals surface area contributed by atoms with Crippen molar-refractivity contribution >= 4 is 29.3 Å². The van der Waals surface area contributed by atoms with Crippen LogP contribution in [0.5, 0.6) is 0 Å². The number of aromatic nitrogens is 4. The average molecular weight is 627 g/mol. The summed E-state index contributed by atoms with van der Waals surface area (Å²) in [6.45, 7) is 7.24. The summed E-state index contributed by atoms with van der Waals surface area (Å²) in [6.07, 6.45) is 20.5. The van der Waals surface area contributed by atoms with E-state index in [1.165, 1.54) is 32.1 Å². The molecule has 0 spiro atoms. The number of nitrogens with one attached hydrogen (secondary N) is 3. The summed E-state index contributed by atoms with van der Waals surface area (Å²) in [5.41, 5.74) is 2.47. The van der Waals surface area contributed by atoms with Crippen molar-refractivity contribution in [2.75, 3.05) is 17.2 Å². The van der Waals surface area contributed by atoms with Gasteiger partial charge in [-0.3, -0.25) is 9.36 Å². The summed E-state index contributed by atoms with van der Waals surface area (Å²) in [6, 6.07) is 18.4. The Morgan fingerprint density at radius 3 is 2.33 bits per heavy atom. The van der Waals surface area contributed by atoms with E-state index in [-0.39, 0.29) is 12.5 Å². The molecule has 236 valence electrons. The van der Waals surface area contributed by atoms with Crippen molar-refractivity contribution in [1.82, 2.24) is 24.8 Å². The number of rotatable bonds is 9. The van der Waals surface area contributed by atoms with Gasteiger partial charge in [-0.2, -0.15) is 15.2 Å². The predicted octanol–water partition coefficient (Wildman–Crippen LogP) is 7.39. The normalized spacial score (nSPS) is 11.9. The van der Waals surface area contributed by atoms with Crippen molar-refractivity contribution in [2.45, 2.75) is 66.0 Å². The van der Waals surface area contributed by atoms with Gasteiger partial charge in [0.1, 0.15) is 18.0 Å². The van der Waals surface area contributed by atoms with Crippen molar-refractivity contribution in [1.29, 1.82) is 5.26 Å². The van der Waals surface area contributed by atoms with E-state index in [0.29, 0.717) is 41.3 Å². The maximum Gasteiger partial charge on any atom is 0.239 e. The Morgan fingerprint density at radius 2 is 1.73 bits per heavy atom. The van der Waals surface area contributed by atoms with Gasteiger partial charge in [0.25, 0.3) is 0 Å². The topological polar surface area (TPSA) is 121 Å². The third-order valence-corrected chi connectivity index (χ3v) is 6.95. The Hall–Kier alpha value is -4.86. The Balaban J connectivity index is 0.000000551. The van der Waals surface area contributed by atoms with E-state index in [1.807, 2.05) is 50.2 Å². The molecule has 2 aromatic carbocycles. The lowest BCUT2D eigenvalue weighted by atomic mass is 9.91. The molecule has 1 aliphatic rings. The molecule has 1 amide bonds. The standard InChI is InChI=1S/C24H21ClN8O.C7H14.C2H6.C2H2/c25-20-3-1-2-19(10-20)14-30-24-31-21(11-22(32-24)33-9-8-27-16-33)28-15-23(34)29-13-18-6-4-17(12-26)5-7-18;1-7-5-3-2-4-6-7;2*1-2/h1-11,16H,13-15H2,(H,29,34)(H2,28,30,31,32);7H,2-6H2,1H3;1-2H3;1-2H. The van der Waals surface area contributed by atoms with Crippen molar-refractivity contribution in [3.63, 3.8) is 0 Å². The second-order valence-corrected chi connectivity index (χ2v) is 10.5. The summed E-state index contributed by atoms with van der Waals surface area (Å²) in [5, 5.41) is 18.6. The lowest BCUT2D eigenvalue weighted by molar-refractivity contribution is -0.119. The number of anilines is 2. The predicted molar refractivity (Wildman–Crippen MR) is 183 cm³/mol. The van der Waals surface area contributed by atoms with Crippen molar-refractivity contribution in [2.24, 2.45) is 5.92 Å². The fourth-order valence-electron chi connectivity index (χ4n) is 4.40. The first-order valence-corrected chi connectivity index (χ1v) is 15.5. The minimum atomic E-state index is -0.194. The summed E-state index contributed by atoms with van der Waals surface area (Å²) in [7, 11) is 0. The van der Waals surface area contributed by atoms with E-state index in [1.54, 1.807) is 41.5 Å². The number of benzene rings is 2. The van der Waals surface area contributed by atoms with Crippen LogP contribution in [0, 0.1) is 30.1 Å². The van der Waals surface area contributed by atoms with E-state index in [2.05, 4.69) is 56.7 Å². The molecule has 2 aromatic heterocycles. The number of carbonyl (C=O) groups excluding carboxylic acids is 1. The smallest absolute Gasteiger partial charge is 0.239 e. The van der Waals surface area contributed by atoms with Crippen LogP contribution in [0.15, 0.2) is 73.3 Å². The summed E-state index contributed by atoms with van der Waals surface area (Å²) in [5.74, 6) is 2.32. The third kappa shape index (κ3) is 13.5. The second kappa shape index (κ2) is 20.9. The molecular weight excluding hydrogens is 584 g/mol. The first-order chi connectivity index (χ1) is 22.0. The Labute approximate surface area is 272 Å². The number of terminal acetylenes is 1. The fraction of sp³-hybridized carbons (Fsp3) is 0.343. The molecule has 5 rings (SSSR count). The summed E-state index contributed by atoms with van der Waals surface area (Å²) < 4.78 is 1.75. The lowest BCUT2D eigenvalue weighted by Crippen LogP contribution is -2.29. The molecule has 1 fully saturated rings. The number of imidazole rings is 1. The van der Waals surface area contributed by atoms with Crippen LogP contribution in [0.1, 0.15) is 69.6 Å². The van der Waals surface area contributed by atoms with Crippen molar-refractivity contribution < 1.29 is 4.79 Å². The lowest BCUT2D eigenvalue weighted by Gasteiger charge is -2.15. The van der Waals surface area contributed by atoms with Gasteiger partial charge in [-0.05, 0) is 41.3 Å². The zero-order valence-electron chi connectivity index (χ0n) is 26.3. The third-order valence-electron chi connectivity index (χ3n) is 6.72. The van der Waals surface area contributed by atoms with Crippen molar-refractivity contribution in [3.05, 3.63) is 95.0 Å². The minimum Gasteiger partial charge on any atom is -0.361 e. The highest BCUT2D eigenvalue weighted by Gasteiger charge is 2.09. The second-order valence-electron chi connectivity index (χ2n) is 10.1. The van der Waals surface area contributed by atoms with E-state index in [9.17, 15) is 4.79 Å². The highest BCUT2D eigenvalue weighted by atomic mass is 35.5. The molecule has 2 heterocycles. The first-order valence-electron chi connectivity index (χ1n) is 15.2. The Bertz CT molecular complexity index is 1470. The van der Waals surface area contributed by atoms with Gasteiger partial charge >= 0.3 is 0 Å². The molecule has 1 aliphatic carbocycles. The highest BCUT2D eigenvalue weighted by Crippen LogP contribution is 2.22. The molecule has 10 heteroatoms. The van der Waals surface area contributed by atoms with Crippen LogP contribution in [0.2, 0.25) is 5.02 Å². The largest absolute Gasteiger partial charge is 0.361 e. The highest BCUT2D eigenvalue weighted by molar-refractivity contribution is 6.30. The van der Waals surface area contributed by atoms with Gasteiger partial charge in [-0.1, -0.05) is 88.7 Å². The van der Waals surface area contributed by atoms with Gasteiger partial charge in [-0.25, -0.2) is 4.98 Å². The maximum absolute atomic E-state index is 12.3. The van der Waals surface area contributed by atoms with Gasteiger partial charge in [0, 0.05) is 36.6 Å². The number of amides is 1. The molecule has 0 atom stereocenters.